The predicted octanol–water partition coefficient (Wildman–Crippen LogP) is 4.15. The van der Waals surface area contributed by atoms with E-state index in [1.54, 1.807) is 0 Å². The van der Waals surface area contributed by atoms with Gasteiger partial charge in [-0.05, 0) is 72.9 Å². The maximum Gasteiger partial charge on any atom is 0.130 e. The van der Waals surface area contributed by atoms with Gasteiger partial charge in [-0.15, -0.1) is 0 Å². The summed E-state index contributed by atoms with van der Waals surface area (Å²) in [6.07, 6.45) is 6.48. The van der Waals surface area contributed by atoms with Gasteiger partial charge in [0.15, 0.2) is 0 Å². The average molecular weight is 308 g/mol. The summed E-state index contributed by atoms with van der Waals surface area (Å²) in [5, 5.41) is 0. The zero-order valence-corrected chi connectivity index (χ0v) is 13.4. The fraction of sp³-hybridized carbons (Fsp3) is 0.400. The number of ether oxygens (including phenoxy) is 1. The monoisotopic (exact) mass is 308 g/mol. The number of benzene rings is 2. The Kier molecular flexibility index (Phi) is 3.83. The van der Waals surface area contributed by atoms with E-state index >= 15 is 0 Å². The first-order valence-electron chi connectivity index (χ1n) is 8.66. The molecule has 0 bridgehead atoms. The second-order valence-corrected chi connectivity index (χ2v) is 6.75. The van der Waals surface area contributed by atoms with Crippen LogP contribution in [-0.2, 0) is 12.8 Å². The molecular weight excluding hydrogens is 284 g/mol. The summed E-state index contributed by atoms with van der Waals surface area (Å²) in [6.45, 7) is 0. The van der Waals surface area contributed by atoms with Crippen molar-refractivity contribution in [3.05, 3.63) is 58.7 Å². The Morgan fingerprint density at radius 2 is 1.22 bits per heavy atom. The lowest BCUT2D eigenvalue weighted by Gasteiger charge is -2.27. The van der Waals surface area contributed by atoms with Crippen molar-refractivity contribution < 1.29 is 4.74 Å². The highest BCUT2D eigenvalue weighted by Gasteiger charge is 2.23. The lowest BCUT2D eigenvalue weighted by Crippen LogP contribution is -2.19. The van der Waals surface area contributed by atoms with Crippen molar-refractivity contribution in [1.29, 1.82) is 0 Å². The van der Waals surface area contributed by atoms with Crippen LogP contribution in [-0.4, -0.2) is 0 Å². The van der Waals surface area contributed by atoms with E-state index in [1.807, 2.05) is 0 Å². The van der Waals surface area contributed by atoms with Crippen LogP contribution in [0.5, 0.6) is 11.5 Å². The van der Waals surface area contributed by atoms with Gasteiger partial charge in [0.2, 0.25) is 0 Å². The van der Waals surface area contributed by atoms with Gasteiger partial charge < -0.3 is 16.2 Å². The molecule has 0 saturated heterocycles. The van der Waals surface area contributed by atoms with Crippen molar-refractivity contribution in [2.45, 2.75) is 50.6 Å². The Morgan fingerprint density at radius 1 is 0.739 bits per heavy atom. The topological polar surface area (TPSA) is 61.3 Å². The largest absolute Gasteiger partial charge is 0.457 e. The molecule has 0 heterocycles. The summed E-state index contributed by atoms with van der Waals surface area (Å²) in [6, 6.07) is 12.8. The number of fused-ring (bicyclic) bond motifs is 2. The first-order valence-corrected chi connectivity index (χ1v) is 8.66. The van der Waals surface area contributed by atoms with E-state index in [1.165, 1.54) is 22.3 Å². The lowest BCUT2D eigenvalue weighted by molar-refractivity contribution is 0.449. The number of rotatable bonds is 2. The Balaban J connectivity index is 1.72. The first-order chi connectivity index (χ1) is 11.2. The Morgan fingerprint density at radius 3 is 1.70 bits per heavy atom. The molecule has 0 saturated carbocycles. The molecule has 4 rings (SSSR count). The van der Waals surface area contributed by atoms with Crippen LogP contribution in [0.2, 0.25) is 0 Å². The van der Waals surface area contributed by atoms with Crippen molar-refractivity contribution in [2.75, 3.05) is 0 Å². The molecule has 0 amide bonds. The second kappa shape index (κ2) is 5.99. The molecule has 0 aromatic heterocycles. The van der Waals surface area contributed by atoms with Crippen LogP contribution in [0.3, 0.4) is 0 Å². The van der Waals surface area contributed by atoms with Gasteiger partial charge >= 0.3 is 0 Å². The van der Waals surface area contributed by atoms with E-state index in [0.29, 0.717) is 0 Å². The number of hydrogen-bond acceptors (Lipinski definition) is 3. The zero-order valence-electron chi connectivity index (χ0n) is 13.4. The zero-order chi connectivity index (χ0) is 15.8. The van der Waals surface area contributed by atoms with Gasteiger partial charge in [-0.3, -0.25) is 0 Å². The molecule has 0 aliphatic heterocycles. The molecule has 3 heteroatoms. The lowest BCUT2D eigenvalue weighted by atomic mass is 9.87. The Hall–Kier alpha value is -1.84. The van der Waals surface area contributed by atoms with E-state index < -0.39 is 0 Å². The molecule has 2 aromatic rings. The third-order valence-corrected chi connectivity index (χ3v) is 5.24. The van der Waals surface area contributed by atoms with Crippen LogP contribution in [0.25, 0.3) is 0 Å². The van der Waals surface area contributed by atoms with E-state index in [0.717, 1.165) is 50.0 Å². The molecular formula is C20H24N2O. The summed E-state index contributed by atoms with van der Waals surface area (Å²) in [5.74, 6) is 1.93. The Bertz CT molecular complexity index is 664. The summed E-state index contributed by atoms with van der Waals surface area (Å²) < 4.78 is 6.36. The minimum atomic E-state index is 0.139. The Labute approximate surface area is 137 Å². The smallest absolute Gasteiger partial charge is 0.130 e. The fourth-order valence-electron chi connectivity index (χ4n) is 4.01. The third kappa shape index (κ3) is 2.64. The second-order valence-electron chi connectivity index (χ2n) is 6.75. The first kappa shape index (κ1) is 14.7. The summed E-state index contributed by atoms with van der Waals surface area (Å²) in [7, 11) is 0. The third-order valence-electron chi connectivity index (χ3n) is 5.24. The quantitative estimate of drug-likeness (QED) is 0.876. The van der Waals surface area contributed by atoms with Crippen LogP contribution < -0.4 is 16.2 Å². The van der Waals surface area contributed by atoms with Gasteiger partial charge in [0.1, 0.15) is 11.5 Å². The van der Waals surface area contributed by atoms with Crippen molar-refractivity contribution in [3.8, 4) is 11.5 Å². The summed E-state index contributed by atoms with van der Waals surface area (Å²) in [5.41, 5.74) is 17.6. The van der Waals surface area contributed by atoms with Gasteiger partial charge in [0.05, 0.1) is 0 Å². The van der Waals surface area contributed by atoms with Gasteiger partial charge in [-0.25, -0.2) is 0 Å². The van der Waals surface area contributed by atoms with E-state index in [2.05, 4.69) is 36.4 Å². The molecule has 0 unspecified atom stereocenters. The van der Waals surface area contributed by atoms with E-state index in [9.17, 15) is 0 Å². The van der Waals surface area contributed by atoms with Crippen LogP contribution in [0.4, 0.5) is 0 Å². The van der Waals surface area contributed by atoms with Crippen LogP contribution in [0.1, 0.15) is 60.0 Å². The summed E-state index contributed by atoms with van der Waals surface area (Å²) >= 11 is 0. The normalized spacial score (nSPS) is 23.0. The summed E-state index contributed by atoms with van der Waals surface area (Å²) in [4.78, 5) is 0. The molecule has 23 heavy (non-hydrogen) atoms. The maximum absolute atomic E-state index is 6.36. The van der Waals surface area contributed by atoms with Crippen LogP contribution in [0, 0.1) is 0 Å². The minimum absolute atomic E-state index is 0.139. The molecule has 0 radical (unpaired) electrons. The van der Waals surface area contributed by atoms with Crippen molar-refractivity contribution in [3.63, 3.8) is 0 Å². The number of nitrogens with two attached hydrogens (primary N) is 2. The van der Waals surface area contributed by atoms with Gasteiger partial charge in [0.25, 0.3) is 0 Å². The van der Waals surface area contributed by atoms with Crippen molar-refractivity contribution in [2.24, 2.45) is 11.5 Å². The van der Waals surface area contributed by atoms with E-state index in [4.69, 9.17) is 16.2 Å². The van der Waals surface area contributed by atoms with Crippen LogP contribution >= 0.6 is 0 Å². The molecule has 2 aromatic carbocycles. The fourth-order valence-corrected chi connectivity index (χ4v) is 4.01. The maximum atomic E-state index is 6.36. The molecule has 120 valence electrons. The highest BCUT2D eigenvalue weighted by Crippen LogP contribution is 2.39. The molecule has 4 N–H and O–H groups in total. The molecule has 2 atom stereocenters. The highest BCUT2D eigenvalue weighted by atomic mass is 16.5. The highest BCUT2D eigenvalue weighted by molar-refractivity contribution is 5.49. The molecule has 3 nitrogen and oxygen atoms in total. The minimum Gasteiger partial charge on any atom is -0.457 e. The van der Waals surface area contributed by atoms with Crippen molar-refractivity contribution in [1.82, 2.24) is 0 Å². The molecule has 2 aliphatic carbocycles. The van der Waals surface area contributed by atoms with Crippen molar-refractivity contribution >= 4 is 0 Å². The predicted molar refractivity (Wildman–Crippen MR) is 92.7 cm³/mol. The van der Waals surface area contributed by atoms with Gasteiger partial charge in [-0.2, -0.15) is 0 Å². The number of hydrogen-bond donors (Lipinski definition) is 2. The average Bonchev–Trinajstić information content (AvgIpc) is 2.57. The van der Waals surface area contributed by atoms with Gasteiger partial charge in [0, 0.05) is 12.1 Å². The standard InChI is InChI=1S/C20H24N2O/c21-17-9-1-7-15-13(17)5-3-11-19(15)23-20-12-4-6-14-16(20)8-2-10-18(14)22/h3-6,11-12,17-18H,1-2,7-10,21-22H2/t17-,18-/m1/s1. The van der Waals surface area contributed by atoms with Crippen LogP contribution in [0.15, 0.2) is 36.4 Å². The SMILES string of the molecule is N[C@@H]1CCCc2c(Oc3cccc4c3CCC[C@H]4N)cccc21. The molecule has 2 aliphatic rings. The molecule has 0 fully saturated rings. The van der Waals surface area contributed by atoms with E-state index in [-0.39, 0.29) is 12.1 Å². The molecule has 0 spiro atoms. The van der Waals surface area contributed by atoms with Gasteiger partial charge in [-0.1, -0.05) is 24.3 Å².